The minimum atomic E-state index is -0.552. The largest absolute Gasteiger partial charge is 0.497 e. The van der Waals surface area contributed by atoms with Crippen LogP contribution in [0.4, 0.5) is 5.69 Å². The van der Waals surface area contributed by atoms with E-state index in [9.17, 15) is 10.1 Å². The first-order chi connectivity index (χ1) is 11.6. The van der Waals surface area contributed by atoms with Crippen molar-refractivity contribution in [3.63, 3.8) is 0 Å². The van der Waals surface area contributed by atoms with Gasteiger partial charge in [-0.3, -0.25) is 15.2 Å². The van der Waals surface area contributed by atoms with E-state index in [1.165, 1.54) is 6.07 Å². The van der Waals surface area contributed by atoms with Gasteiger partial charge in [-0.25, -0.2) is 4.98 Å². The predicted octanol–water partition coefficient (Wildman–Crippen LogP) is 2.44. The second-order valence-electron chi connectivity index (χ2n) is 5.07. The highest BCUT2D eigenvalue weighted by atomic mass is 16.6. The zero-order valence-corrected chi connectivity index (χ0v) is 12.8. The average Bonchev–Trinajstić information content (AvgIpc) is 3.11. The minimum absolute atomic E-state index is 0.0574. The Bertz CT molecular complexity index is 877. The molecule has 1 aromatic heterocycles. The van der Waals surface area contributed by atoms with Crippen LogP contribution in [0.25, 0.3) is 11.4 Å². The molecule has 3 aromatic rings. The predicted molar refractivity (Wildman–Crippen MR) is 87.5 cm³/mol. The number of para-hydroxylation sites is 1. The monoisotopic (exact) mass is 325 g/mol. The van der Waals surface area contributed by atoms with Gasteiger partial charge in [0.2, 0.25) is 0 Å². The SMILES string of the molecule is COc1cccc([C@@H](N)c2nc(-c3ccccc3[N+](=O)[O-])n[nH]2)c1. The summed E-state index contributed by atoms with van der Waals surface area (Å²) < 4.78 is 5.18. The van der Waals surface area contributed by atoms with Crippen molar-refractivity contribution in [2.45, 2.75) is 6.04 Å². The van der Waals surface area contributed by atoms with Crippen LogP contribution >= 0.6 is 0 Å². The quantitative estimate of drug-likeness (QED) is 0.549. The van der Waals surface area contributed by atoms with Gasteiger partial charge in [-0.05, 0) is 23.8 Å². The van der Waals surface area contributed by atoms with Gasteiger partial charge in [-0.2, -0.15) is 5.10 Å². The zero-order valence-electron chi connectivity index (χ0n) is 12.8. The van der Waals surface area contributed by atoms with E-state index >= 15 is 0 Å². The van der Waals surface area contributed by atoms with Gasteiger partial charge in [-0.15, -0.1) is 0 Å². The molecule has 0 radical (unpaired) electrons. The molecule has 0 spiro atoms. The van der Waals surface area contributed by atoms with Crippen molar-refractivity contribution >= 4 is 5.69 Å². The molecule has 0 aliphatic heterocycles. The Hall–Kier alpha value is -3.26. The number of benzene rings is 2. The molecule has 0 saturated carbocycles. The van der Waals surface area contributed by atoms with Gasteiger partial charge >= 0.3 is 0 Å². The maximum atomic E-state index is 11.1. The summed E-state index contributed by atoms with van der Waals surface area (Å²) in [6.07, 6.45) is 0. The lowest BCUT2D eigenvalue weighted by molar-refractivity contribution is -0.384. The van der Waals surface area contributed by atoms with Crippen LogP contribution in [-0.4, -0.2) is 27.2 Å². The molecule has 3 rings (SSSR count). The number of ether oxygens (including phenoxy) is 1. The fourth-order valence-corrected chi connectivity index (χ4v) is 2.35. The summed E-state index contributed by atoms with van der Waals surface area (Å²) in [6, 6.07) is 13.0. The molecule has 0 unspecified atom stereocenters. The van der Waals surface area contributed by atoms with Gasteiger partial charge in [0.15, 0.2) is 5.82 Å². The molecule has 2 aromatic carbocycles. The molecule has 24 heavy (non-hydrogen) atoms. The van der Waals surface area contributed by atoms with Crippen molar-refractivity contribution in [3.05, 3.63) is 70.0 Å². The van der Waals surface area contributed by atoms with Crippen molar-refractivity contribution in [1.82, 2.24) is 15.2 Å². The van der Waals surface area contributed by atoms with Crippen molar-refractivity contribution in [3.8, 4) is 17.1 Å². The summed E-state index contributed by atoms with van der Waals surface area (Å²) in [6.45, 7) is 0. The third-order valence-corrected chi connectivity index (χ3v) is 3.59. The molecule has 8 heteroatoms. The van der Waals surface area contributed by atoms with E-state index in [1.807, 2.05) is 18.2 Å². The fraction of sp³-hybridized carbons (Fsp3) is 0.125. The van der Waals surface area contributed by atoms with Gasteiger partial charge in [0.05, 0.1) is 23.6 Å². The second-order valence-corrected chi connectivity index (χ2v) is 5.07. The van der Waals surface area contributed by atoms with E-state index in [2.05, 4.69) is 15.2 Å². The number of methoxy groups -OCH3 is 1. The fourth-order valence-electron chi connectivity index (χ4n) is 2.35. The van der Waals surface area contributed by atoms with Crippen LogP contribution in [0.15, 0.2) is 48.5 Å². The Morgan fingerprint density at radius 2 is 2.04 bits per heavy atom. The van der Waals surface area contributed by atoms with Gasteiger partial charge < -0.3 is 10.5 Å². The minimum Gasteiger partial charge on any atom is -0.497 e. The number of hydrogen-bond donors (Lipinski definition) is 2. The van der Waals surface area contributed by atoms with Crippen LogP contribution in [0, 0.1) is 10.1 Å². The first-order valence-electron chi connectivity index (χ1n) is 7.15. The van der Waals surface area contributed by atoms with Crippen LogP contribution in [0.2, 0.25) is 0 Å². The summed E-state index contributed by atoms with van der Waals surface area (Å²) in [4.78, 5) is 15.0. The Morgan fingerprint density at radius 1 is 1.25 bits per heavy atom. The summed E-state index contributed by atoms with van der Waals surface area (Å²) in [5.74, 6) is 1.33. The number of nitro benzene ring substituents is 1. The molecule has 3 N–H and O–H groups in total. The normalized spacial score (nSPS) is 11.9. The molecule has 1 atom stereocenters. The summed E-state index contributed by atoms with van der Waals surface area (Å²) >= 11 is 0. The number of nitrogens with zero attached hydrogens (tertiary/aromatic N) is 3. The molecule has 1 heterocycles. The lowest BCUT2D eigenvalue weighted by Crippen LogP contribution is -2.13. The van der Waals surface area contributed by atoms with Crippen LogP contribution in [0.3, 0.4) is 0 Å². The number of nitrogens with one attached hydrogen (secondary N) is 1. The molecule has 8 nitrogen and oxygen atoms in total. The number of hydrogen-bond acceptors (Lipinski definition) is 6. The Morgan fingerprint density at radius 3 is 2.79 bits per heavy atom. The van der Waals surface area contributed by atoms with E-state index in [4.69, 9.17) is 10.5 Å². The van der Waals surface area contributed by atoms with E-state index in [0.29, 0.717) is 17.1 Å². The number of aromatic amines is 1. The van der Waals surface area contributed by atoms with Crippen molar-refractivity contribution in [1.29, 1.82) is 0 Å². The maximum absolute atomic E-state index is 11.1. The summed E-state index contributed by atoms with van der Waals surface area (Å²) in [7, 11) is 1.58. The number of rotatable bonds is 5. The third-order valence-electron chi connectivity index (χ3n) is 3.59. The molecule has 0 aliphatic carbocycles. The number of H-pyrrole nitrogens is 1. The van der Waals surface area contributed by atoms with Crippen LogP contribution < -0.4 is 10.5 Å². The first kappa shape index (κ1) is 15.6. The highest BCUT2D eigenvalue weighted by Gasteiger charge is 2.20. The van der Waals surface area contributed by atoms with E-state index < -0.39 is 11.0 Å². The van der Waals surface area contributed by atoms with Gasteiger partial charge in [-0.1, -0.05) is 24.3 Å². The highest BCUT2D eigenvalue weighted by Crippen LogP contribution is 2.28. The zero-order chi connectivity index (χ0) is 17.1. The third kappa shape index (κ3) is 2.95. The molecule has 0 aliphatic rings. The first-order valence-corrected chi connectivity index (χ1v) is 7.15. The molecular weight excluding hydrogens is 310 g/mol. The van der Waals surface area contributed by atoms with Crippen molar-refractivity contribution in [2.24, 2.45) is 5.73 Å². The highest BCUT2D eigenvalue weighted by molar-refractivity contribution is 5.67. The molecular formula is C16H15N5O3. The van der Waals surface area contributed by atoms with Crippen molar-refractivity contribution < 1.29 is 9.66 Å². The number of aromatic nitrogens is 3. The van der Waals surface area contributed by atoms with Gasteiger partial charge in [0.1, 0.15) is 11.6 Å². The summed E-state index contributed by atoms with van der Waals surface area (Å²) in [5, 5.41) is 18.0. The Kier molecular flexibility index (Phi) is 4.21. The molecule has 0 fully saturated rings. The average molecular weight is 325 g/mol. The number of nitrogens with two attached hydrogens (primary N) is 1. The van der Waals surface area contributed by atoms with Crippen molar-refractivity contribution in [2.75, 3.05) is 7.11 Å². The standard InChI is InChI=1S/C16H15N5O3/c1-24-11-6-4-5-10(9-11)14(17)16-18-15(19-20-16)12-7-2-3-8-13(12)21(22)23/h2-9,14H,17H2,1H3,(H,18,19,20)/t14-/m1/s1. The Labute approximate surface area is 137 Å². The van der Waals surface area contributed by atoms with Gasteiger partial charge in [0.25, 0.3) is 5.69 Å². The van der Waals surface area contributed by atoms with Crippen LogP contribution in [-0.2, 0) is 0 Å². The molecule has 0 saturated heterocycles. The van der Waals surface area contributed by atoms with E-state index in [0.717, 1.165) is 5.56 Å². The smallest absolute Gasteiger partial charge is 0.280 e. The Balaban J connectivity index is 1.95. The van der Waals surface area contributed by atoms with Crippen LogP contribution in [0.1, 0.15) is 17.4 Å². The van der Waals surface area contributed by atoms with E-state index in [1.54, 1.807) is 31.4 Å². The molecule has 0 amide bonds. The molecule has 122 valence electrons. The summed E-state index contributed by atoms with van der Waals surface area (Å²) in [5.41, 5.74) is 7.28. The number of nitro groups is 1. The van der Waals surface area contributed by atoms with Crippen LogP contribution in [0.5, 0.6) is 5.75 Å². The maximum Gasteiger partial charge on any atom is 0.280 e. The second kappa shape index (κ2) is 6.47. The van der Waals surface area contributed by atoms with E-state index in [-0.39, 0.29) is 11.5 Å². The van der Waals surface area contributed by atoms with Gasteiger partial charge in [0, 0.05) is 6.07 Å². The lowest BCUT2D eigenvalue weighted by Gasteiger charge is -2.09. The topological polar surface area (TPSA) is 120 Å². The lowest BCUT2D eigenvalue weighted by atomic mass is 10.1. The molecule has 0 bridgehead atoms.